The number of aromatic amines is 2. The zero-order valence-electron chi connectivity index (χ0n) is 31.1. The van der Waals surface area contributed by atoms with Crippen LogP contribution in [0.25, 0.3) is 22.5 Å². The Kier molecular flexibility index (Phi) is 10.3. The highest BCUT2D eigenvalue weighted by Gasteiger charge is 2.38. The number of nitrogens with one attached hydrogen (secondary N) is 3. The second-order valence-corrected chi connectivity index (χ2v) is 15.1. The zero-order valence-corrected chi connectivity index (χ0v) is 31.1. The van der Waals surface area contributed by atoms with Gasteiger partial charge in [-0.3, -0.25) is 9.59 Å². The molecule has 0 radical (unpaired) electrons. The molecule has 4 atom stereocenters. The molecule has 13 heteroatoms. The third kappa shape index (κ3) is 7.26. The Morgan fingerprint density at radius 3 is 2.00 bits per heavy atom. The predicted octanol–water partition coefficient (Wildman–Crippen LogP) is 6.05. The number of aromatic nitrogens is 4. The average Bonchev–Trinajstić information content (AvgIpc) is 3.98. The summed E-state index contributed by atoms with van der Waals surface area (Å²) in [6.45, 7) is 9.04. The fourth-order valence-corrected chi connectivity index (χ4v) is 7.74. The number of hydrogen-bond acceptors (Lipinski definition) is 8. The number of hydrogen-bond donors (Lipinski definition) is 4. The molecule has 3 amide bonds. The van der Waals surface area contributed by atoms with Crippen molar-refractivity contribution in [2.45, 2.75) is 90.4 Å². The van der Waals surface area contributed by atoms with Crippen LogP contribution < -0.4 is 15.8 Å². The predicted molar refractivity (Wildman–Crippen MR) is 200 cm³/mol. The first kappa shape index (κ1) is 36.2. The van der Waals surface area contributed by atoms with E-state index in [1.807, 2.05) is 61.9 Å². The van der Waals surface area contributed by atoms with Crippen molar-refractivity contribution in [3.05, 3.63) is 71.6 Å². The summed E-state index contributed by atoms with van der Waals surface area (Å²) in [5.74, 6) is 2.92. The fourth-order valence-electron chi connectivity index (χ4n) is 7.74. The minimum absolute atomic E-state index is 0.0168. The molecule has 0 saturated carbocycles. The minimum atomic E-state index is -0.690. The number of imidazole rings is 2. The van der Waals surface area contributed by atoms with Gasteiger partial charge in [0.2, 0.25) is 11.8 Å². The van der Waals surface area contributed by atoms with E-state index in [9.17, 15) is 14.4 Å². The number of aryl methyl sites for hydroxylation is 2. The lowest BCUT2D eigenvalue weighted by Gasteiger charge is -2.30. The van der Waals surface area contributed by atoms with E-state index in [1.54, 1.807) is 6.20 Å². The second-order valence-electron chi connectivity index (χ2n) is 15.1. The van der Waals surface area contributed by atoms with Gasteiger partial charge in [0, 0.05) is 24.2 Å². The van der Waals surface area contributed by atoms with E-state index in [2.05, 4.69) is 33.5 Å². The molecule has 2 aromatic heterocycles. The number of amides is 3. The summed E-state index contributed by atoms with van der Waals surface area (Å²) in [6.07, 6.45) is 8.07. The highest BCUT2D eigenvalue weighted by atomic mass is 16.5. The van der Waals surface area contributed by atoms with E-state index < -0.39 is 18.2 Å². The summed E-state index contributed by atoms with van der Waals surface area (Å²) in [5.41, 5.74) is 12.1. The lowest BCUT2D eigenvalue weighted by molar-refractivity contribution is -0.136. The first-order chi connectivity index (χ1) is 25.5. The van der Waals surface area contributed by atoms with Crippen molar-refractivity contribution in [1.82, 2.24) is 35.1 Å². The van der Waals surface area contributed by atoms with Gasteiger partial charge in [0.1, 0.15) is 29.2 Å². The zero-order chi connectivity index (χ0) is 37.4. The van der Waals surface area contributed by atoms with Crippen LogP contribution in [-0.4, -0.2) is 79.9 Å². The molecule has 2 aromatic carbocycles. The SMILES string of the molecule is COC(=O)N[C@H](C(=O)N1CCC[C@H]1c1ncc(-c2ccc3c(c2)Oc2ccc(-c4cnc([C@@H]5CCCN5C(=O)[C@@H](N)C(C)C)[nH]4)cc2CC3)[nH]1)C(C)C. The Balaban J connectivity index is 1.06. The summed E-state index contributed by atoms with van der Waals surface area (Å²) in [6, 6.07) is 10.9. The van der Waals surface area contributed by atoms with E-state index in [-0.39, 0.29) is 35.7 Å². The molecule has 2 fully saturated rings. The molecule has 2 saturated heterocycles. The maximum absolute atomic E-state index is 13.6. The number of H-pyrrole nitrogens is 2. The molecule has 0 spiro atoms. The number of likely N-dealkylation sites (tertiary alicyclic amines) is 2. The summed E-state index contributed by atoms with van der Waals surface area (Å²) in [7, 11) is 1.29. The van der Waals surface area contributed by atoms with Crippen LogP contribution in [0.1, 0.15) is 88.2 Å². The number of benzene rings is 2. The van der Waals surface area contributed by atoms with Crippen LogP contribution in [0.4, 0.5) is 4.79 Å². The van der Waals surface area contributed by atoms with Crippen LogP contribution >= 0.6 is 0 Å². The van der Waals surface area contributed by atoms with Crippen molar-refractivity contribution >= 4 is 17.9 Å². The Morgan fingerprint density at radius 2 is 1.40 bits per heavy atom. The van der Waals surface area contributed by atoms with E-state index in [0.29, 0.717) is 18.9 Å². The Hall–Kier alpha value is -5.17. The molecule has 13 nitrogen and oxygen atoms in total. The van der Waals surface area contributed by atoms with Gasteiger partial charge in [0.05, 0.1) is 49.0 Å². The van der Waals surface area contributed by atoms with Crippen LogP contribution in [0.2, 0.25) is 0 Å². The van der Waals surface area contributed by atoms with Gasteiger partial charge >= 0.3 is 6.09 Å². The molecule has 3 aliphatic rings. The summed E-state index contributed by atoms with van der Waals surface area (Å²) >= 11 is 0. The third-order valence-electron chi connectivity index (χ3n) is 10.9. The van der Waals surface area contributed by atoms with Crippen molar-refractivity contribution in [2.75, 3.05) is 20.2 Å². The van der Waals surface area contributed by atoms with Gasteiger partial charge in [-0.1, -0.05) is 39.8 Å². The molecule has 5 heterocycles. The maximum Gasteiger partial charge on any atom is 0.407 e. The van der Waals surface area contributed by atoms with Gasteiger partial charge in [-0.25, -0.2) is 14.8 Å². The van der Waals surface area contributed by atoms with Gasteiger partial charge in [-0.2, -0.15) is 0 Å². The molecule has 5 N–H and O–H groups in total. The first-order valence-electron chi connectivity index (χ1n) is 18.8. The number of carbonyl (C=O) groups excluding carboxylic acids is 3. The number of methoxy groups -OCH3 is 1. The number of nitrogens with zero attached hydrogens (tertiary/aromatic N) is 4. The maximum atomic E-state index is 13.6. The lowest BCUT2D eigenvalue weighted by Crippen LogP contribution is -2.51. The lowest BCUT2D eigenvalue weighted by atomic mass is 10.0. The summed E-state index contributed by atoms with van der Waals surface area (Å²) < 4.78 is 11.3. The third-order valence-corrected chi connectivity index (χ3v) is 10.9. The van der Waals surface area contributed by atoms with E-state index >= 15 is 0 Å². The molecule has 0 unspecified atom stereocenters. The second kappa shape index (κ2) is 15.1. The van der Waals surface area contributed by atoms with Crippen LogP contribution in [0.5, 0.6) is 11.5 Å². The Labute approximate surface area is 310 Å². The molecule has 53 heavy (non-hydrogen) atoms. The highest BCUT2D eigenvalue weighted by molar-refractivity contribution is 5.86. The van der Waals surface area contributed by atoms with Gasteiger partial charge in [0.15, 0.2) is 0 Å². The quantitative estimate of drug-likeness (QED) is 0.162. The van der Waals surface area contributed by atoms with Crippen LogP contribution in [0.3, 0.4) is 0 Å². The molecule has 7 rings (SSSR count). The fraction of sp³-hybridized carbons (Fsp3) is 0.475. The van der Waals surface area contributed by atoms with Crippen LogP contribution in [-0.2, 0) is 27.2 Å². The molecule has 4 aromatic rings. The van der Waals surface area contributed by atoms with Gasteiger partial charge < -0.3 is 40.3 Å². The van der Waals surface area contributed by atoms with Crippen molar-refractivity contribution < 1.29 is 23.9 Å². The normalized spacial score (nSPS) is 19.4. The van der Waals surface area contributed by atoms with Gasteiger partial charge in [-0.15, -0.1) is 0 Å². The minimum Gasteiger partial charge on any atom is -0.457 e. The molecule has 280 valence electrons. The topological polar surface area (TPSA) is 172 Å². The van der Waals surface area contributed by atoms with E-state index in [0.717, 1.165) is 89.5 Å². The average molecular weight is 723 g/mol. The smallest absolute Gasteiger partial charge is 0.407 e. The van der Waals surface area contributed by atoms with Crippen molar-refractivity contribution in [1.29, 1.82) is 0 Å². The Bertz CT molecular complexity index is 1980. The number of alkyl carbamates (subject to hydrolysis) is 1. The largest absolute Gasteiger partial charge is 0.457 e. The molecule has 0 aliphatic carbocycles. The van der Waals surface area contributed by atoms with E-state index in [1.165, 1.54) is 7.11 Å². The molecular weight excluding hydrogens is 672 g/mol. The van der Waals surface area contributed by atoms with Crippen molar-refractivity contribution in [3.63, 3.8) is 0 Å². The van der Waals surface area contributed by atoms with Crippen LogP contribution in [0.15, 0.2) is 48.8 Å². The van der Waals surface area contributed by atoms with Crippen molar-refractivity contribution in [3.8, 4) is 34.0 Å². The number of rotatable bonds is 9. The number of carbonyl (C=O) groups is 3. The number of nitrogens with two attached hydrogens (primary N) is 1. The van der Waals surface area contributed by atoms with Crippen LogP contribution in [0, 0.1) is 11.8 Å². The summed E-state index contributed by atoms with van der Waals surface area (Å²) in [4.78, 5) is 58.8. The molecule has 0 bridgehead atoms. The number of fused-ring (bicyclic) bond motifs is 2. The Morgan fingerprint density at radius 1 is 0.811 bits per heavy atom. The summed E-state index contributed by atoms with van der Waals surface area (Å²) in [5, 5.41) is 2.70. The van der Waals surface area contributed by atoms with E-state index in [4.69, 9.17) is 25.2 Å². The standard InChI is InChI=1S/C40H50N8O5/c1-22(2)34(41)38(49)47-16-6-8-30(47)36-42-20-28(44-36)25-14-15-32-27(18-25)13-11-24-10-12-26(19-33(24)53-32)29-21-43-37(45-29)31-9-7-17-48(31)39(50)35(23(3)4)46-40(51)52-5/h10,12,14-15,18-23,30-31,34-35H,6-9,11,13,16-17,41H2,1-5H3,(H,42,44)(H,43,45)(H,46,51)/t30-,31-,34-,35-/m0/s1. The van der Waals surface area contributed by atoms with Crippen molar-refractivity contribution in [2.24, 2.45) is 17.6 Å². The molecule has 3 aliphatic heterocycles. The van der Waals surface area contributed by atoms with Gasteiger partial charge in [-0.05, 0) is 85.8 Å². The monoisotopic (exact) mass is 722 g/mol. The highest BCUT2D eigenvalue weighted by Crippen LogP contribution is 2.39. The molecular formula is C40H50N8O5. The first-order valence-corrected chi connectivity index (χ1v) is 18.8. The van der Waals surface area contributed by atoms with Gasteiger partial charge in [0.25, 0.3) is 0 Å². The number of ether oxygens (including phenoxy) is 2.